The van der Waals surface area contributed by atoms with Crippen LogP contribution in [0.4, 0.5) is 0 Å². The number of rotatable bonds is 3. The van der Waals surface area contributed by atoms with Crippen LogP contribution in [-0.4, -0.2) is 14.8 Å². The first kappa shape index (κ1) is 14.7. The minimum Gasteiger partial charge on any atom is -0.322 e. The van der Waals surface area contributed by atoms with E-state index in [1.165, 1.54) is 0 Å². The second-order valence-corrected chi connectivity index (χ2v) is 6.12. The summed E-state index contributed by atoms with van der Waals surface area (Å²) in [5.74, 6) is 0. The lowest BCUT2D eigenvalue weighted by atomic mass is 10.00. The molecule has 0 aliphatic rings. The molecule has 0 amide bonds. The highest BCUT2D eigenvalue weighted by Gasteiger charge is 2.12. The Morgan fingerprint density at radius 2 is 1.83 bits per heavy atom. The van der Waals surface area contributed by atoms with Crippen LogP contribution < -0.4 is 5.56 Å². The molecule has 2 heterocycles. The van der Waals surface area contributed by atoms with Crippen LogP contribution in [0.5, 0.6) is 0 Å². The van der Waals surface area contributed by atoms with Crippen molar-refractivity contribution in [2.75, 3.05) is 0 Å². The van der Waals surface area contributed by atoms with Gasteiger partial charge in [0.25, 0.3) is 0 Å². The molecule has 4 heteroatoms. The predicted octanol–water partition coefficient (Wildman–Crippen LogP) is 3.57. The third-order valence-corrected chi connectivity index (χ3v) is 4.62. The highest BCUT2D eigenvalue weighted by atomic mass is 16.1. The lowest BCUT2D eigenvalue weighted by Gasteiger charge is -2.08. The monoisotopic (exact) mass is 317 g/mol. The minimum absolute atomic E-state index is 0.0438. The van der Waals surface area contributed by atoms with E-state index < -0.39 is 0 Å². The number of para-hydroxylation sites is 2. The Morgan fingerprint density at radius 3 is 2.67 bits per heavy atom. The fraction of sp³-hybridized carbons (Fsp3) is 0.200. The van der Waals surface area contributed by atoms with E-state index in [9.17, 15) is 4.79 Å². The van der Waals surface area contributed by atoms with E-state index in [1.807, 2.05) is 23.9 Å². The molecule has 24 heavy (non-hydrogen) atoms. The van der Waals surface area contributed by atoms with Gasteiger partial charge in [-0.25, -0.2) is 0 Å². The Bertz CT molecular complexity index is 1100. The fourth-order valence-electron chi connectivity index (χ4n) is 3.45. The fourth-order valence-corrected chi connectivity index (χ4v) is 3.45. The molecule has 4 rings (SSSR count). The van der Waals surface area contributed by atoms with Crippen molar-refractivity contribution >= 4 is 21.8 Å². The molecule has 2 aromatic carbocycles. The third-order valence-electron chi connectivity index (χ3n) is 4.62. The number of H-pyrrole nitrogens is 1. The van der Waals surface area contributed by atoms with Crippen molar-refractivity contribution in [3.05, 3.63) is 75.7 Å². The first-order valence-electron chi connectivity index (χ1n) is 8.22. The number of nitrogens with zero attached hydrogens (tertiary/aromatic N) is 2. The number of aromatic nitrogens is 3. The molecule has 0 bridgehead atoms. The summed E-state index contributed by atoms with van der Waals surface area (Å²) in [5, 5.41) is 6.96. The number of pyridine rings is 1. The van der Waals surface area contributed by atoms with Crippen LogP contribution in [0.3, 0.4) is 0 Å². The Hall–Kier alpha value is -2.88. The third kappa shape index (κ3) is 2.31. The van der Waals surface area contributed by atoms with Crippen molar-refractivity contribution in [3.63, 3.8) is 0 Å². The topological polar surface area (TPSA) is 50.7 Å². The smallest absolute Gasteiger partial charge is 0.248 e. The molecule has 2 aromatic heterocycles. The minimum atomic E-state index is -0.0438. The standard InChI is InChI=1S/C20H19N3O/c1-3-13-12-19(24)21-20-14(7-6-9-15(13)20)11-17-16-8-4-5-10-18(16)23(2)22-17/h4-10,12H,3,11H2,1-2H3,(H,21,24). The van der Waals surface area contributed by atoms with Gasteiger partial charge < -0.3 is 4.98 Å². The summed E-state index contributed by atoms with van der Waals surface area (Å²) in [5.41, 5.74) is 5.22. The van der Waals surface area contributed by atoms with Crippen molar-refractivity contribution in [3.8, 4) is 0 Å². The molecule has 0 saturated heterocycles. The number of nitrogens with one attached hydrogen (secondary N) is 1. The van der Waals surface area contributed by atoms with Gasteiger partial charge in [0, 0.05) is 30.3 Å². The summed E-state index contributed by atoms with van der Waals surface area (Å²) in [6.45, 7) is 2.08. The second-order valence-electron chi connectivity index (χ2n) is 6.12. The van der Waals surface area contributed by atoms with Gasteiger partial charge in [-0.15, -0.1) is 0 Å². The molecule has 0 aliphatic carbocycles. The summed E-state index contributed by atoms with van der Waals surface area (Å²) in [6.07, 6.45) is 1.54. The molecular weight excluding hydrogens is 298 g/mol. The van der Waals surface area contributed by atoms with Gasteiger partial charge in [-0.05, 0) is 23.6 Å². The van der Waals surface area contributed by atoms with Crippen LogP contribution in [0.2, 0.25) is 0 Å². The van der Waals surface area contributed by atoms with E-state index in [0.29, 0.717) is 6.42 Å². The Kier molecular flexibility index (Phi) is 3.45. The van der Waals surface area contributed by atoms with Gasteiger partial charge in [-0.1, -0.05) is 43.3 Å². The largest absolute Gasteiger partial charge is 0.322 e. The molecule has 4 nitrogen and oxygen atoms in total. The van der Waals surface area contributed by atoms with E-state index in [1.54, 1.807) is 6.07 Å². The van der Waals surface area contributed by atoms with Crippen molar-refractivity contribution in [1.29, 1.82) is 0 Å². The maximum atomic E-state index is 12.0. The van der Waals surface area contributed by atoms with Gasteiger partial charge in [-0.2, -0.15) is 5.10 Å². The van der Waals surface area contributed by atoms with Gasteiger partial charge in [-0.3, -0.25) is 9.48 Å². The van der Waals surface area contributed by atoms with Crippen LogP contribution in [0.25, 0.3) is 21.8 Å². The molecule has 0 spiro atoms. The van der Waals surface area contributed by atoms with Gasteiger partial charge in [0.15, 0.2) is 0 Å². The Labute approximate surface area is 139 Å². The molecule has 120 valence electrons. The number of hydrogen-bond acceptors (Lipinski definition) is 2. The van der Waals surface area contributed by atoms with Crippen molar-refractivity contribution in [1.82, 2.24) is 14.8 Å². The summed E-state index contributed by atoms with van der Waals surface area (Å²) in [6, 6.07) is 16.1. The Morgan fingerprint density at radius 1 is 1.04 bits per heavy atom. The average molecular weight is 317 g/mol. The van der Waals surface area contributed by atoms with E-state index in [-0.39, 0.29) is 5.56 Å². The van der Waals surface area contributed by atoms with Crippen molar-refractivity contribution in [2.24, 2.45) is 7.05 Å². The molecule has 0 atom stereocenters. The first-order valence-corrected chi connectivity index (χ1v) is 8.22. The summed E-state index contributed by atoms with van der Waals surface area (Å²) in [7, 11) is 1.96. The van der Waals surface area contributed by atoms with Crippen LogP contribution in [0.1, 0.15) is 23.7 Å². The number of hydrogen-bond donors (Lipinski definition) is 1. The lowest BCUT2D eigenvalue weighted by Crippen LogP contribution is -2.08. The SMILES string of the molecule is CCc1cc(=O)[nH]c2c(Cc3nn(C)c4ccccc34)cccc12. The molecule has 0 unspecified atom stereocenters. The maximum Gasteiger partial charge on any atom is 0.248 e. The zero-order chi connectivity index (χ0) is 16.7. The van der Waals surface area contributed by atoms with Crippen molar-refractivity contribution < 1.29 is 0 Å². The molecular formula is C20H19N3O. The summed E-state index contributed by atoms with van der Waals surface area (Å²) in [4.78, 5) is 15.0. The quantitative estimate of drug-likeness (QED) is 0.628. The first-order chi connectivity index (χ1) is 11.7. The van der Waals surface area contributed by atoms with Crippen LogP contribution in [0, 0.1) is 0 Å². The Balaban J connectivity index is 1.91. The van der Waals surface area contributed by atoms with E-state index in [0.717, 1.165) is 45.0 Å². The predicted molar refractivity (Wildman–Crippen MR) is 97.5 cm³/mol. The summed E-state index contributed by atoms with van der Waals surface area (Å²) < 4.78 is 1.91. The van der Waals surface area contributed by atoms with Gasteiger partial charge in [0.1, 0.15) is 0 Å². The number of aromatic amines is 1. The van der Waals surface area contributed by atoms with E-state index in [4.69, 9.17) is 0 Å². The van der Waals surface area contributed by atoms with E-state index >= 15 is 0 Å². The summed E-state index contributed by atoms with van der Waals surface area (Å²) >= 11 is 0. The average Bonchev–Trinajstić information content (AvgIpc) is 2.91. The van der Waals surface area contributed by atoms with Gasteiger partial charge >= 0.3 is 0 Å². The number of fused-ring (bicyclic) bond motifs is 2. The highest BCUT2D eigenvalue weighted by Crippen LogP contribution is 2.25. The van der Waals surface area contributed by atoms with Crippen LogP contribution in [-0.2, 0) is 19.9 Å². The molecule has 0 radical (unpaired) electrons. The molecule has 0 saturated carbocycles. The maximum absolute atomic E-state index is 12.0. The highest BCUT2D eigenvalue weighted by molar-refractivity contribution is 5.87. The molecule has 0 fully saturated rings. The van der Waals surface area contributed by atoms with E-state index in [2.05, 4.69) is 47.3 Å². The van der Waals surface area contributed by atoms with Crippen LogP contribution in [0.15, 0.2) is 53.3 Å². The zero-order valence-corrected chi connectivity index (χ0v) is 13.8. The number of benzene rings is 2. The normalized spacial score (nSPS) is 11.4. The zero-order valence-electron chi connectivity index (χ0n) is 13.8. The molecule has 0 aliphatic heterocycles. The van der Waals surface area contributed by atoms with Gasteiger partial charge in [0.05, 0.1) is 16.7 Å². The molecule has 4 aromatic rings. The molecule has 1 N–H and O–H groups in total. The second kappa shape index (κ2) is 5.64. The van der Waals surface area contributed by atoms with Crippen LogP contribution >= 0.6 is 0 Å². The lowest BCUT2D eigenvalue weighted by molar-refractivity contribution is 0.774. The van der Waals surface area contributed by atoms with Gasteiger partial charge in [0.2, 0.25) is 5.56 Å². The number of aryl methyl sites for hydroxylation is 2. The van der Waals surface area contributed by atoms with Crippen molar-refractivity contribution in [2.45, 2.75) is 19.8 Å².